The van der Waals surface area contributed by atoms with Crippen LogP contribution in [0.1, 0.15) is 53.3 Å². The first-order valence-corrected chi connectivity index (χ1v) is 14.1. The first kappa shape index (κ1) is 24.2. The van der Waals surface area contributed by atoms with E-state index < -0.39 is 0 Å². The molecule has 1 saturated heterocycles. The van der Waals surface area contributed by atoms with Crippen molar-refractivity contribution in [2.75, 3.05) is 16.8 Å². The van der Waals surface area contributed by atoms with E-state index in [1.807, 2.05) is 55.9 Å². The number of fused-ring (bicyclic) bond motifs is 1. The van der Waals surface area contributed by atoms with E-state index >= 15 is 0 Å². The van der Waals surface area contributed by atoms with Crippen molar-refractivity contribution < 1.29 is 9.32 Å². The fourth-order valence-electron chi connectivity index (χ4n) is 5.09. The second-order valence-corrected chi connectivity index (χ2v) is 11.6. The Morgan fingerprint density at radius 1 is 1.11 bits per heavy atom. The number of nitrogens with one attached hydrogen (secondary N) is 2. The van der Waals surface area contributed by atoms with E-state index in [-0.39, 0.29) is 23.3 Å². The van der Waals surface area contributed by atoms with Gasteiger partial charge in [0.15, 0.2) is 0 Å². The fraction of sp³-hybridized carbons (Fsp3) is 0.357. The minimum atomic E-state index is -0.278. The molecule has 1 saturated carbocycles. The summed E-state index contributed by atoms with van der Waals surface area (Å²) in [5.74, 6) is 3.46. The molecule has 2 N–H and O–H groups in total. The van der Waals surface area contributed by atoms with Crippen LogP contribution in [0, 0.1) is 13.8 Å². The number of carbonyl (C=O) groups excluding carboxylic acids is 1. The lowest BCUT2D eigenvalue weighted by molar-refractivity contribution is 0.0924. The lowest BCUT2D eigenvalue weighted by Gasteiger charge is -2.23. The summed E-state index contributed by atoms with van der Waals surface area (Å²) in [5, 5.41) is 12.5. The molecular formula is C28H28ClN5O2S. The Balaban J connectivity index is 1.43. The quantitative estimate of drug-likeness (QED) is 0.301. The van der Waals surface area contributed by atoms with Gasteiger partial charge in [0.1, 0.15) is 11.6 Å². The Morgan fingerprint density at radius 2 is 1.92 bits per heavy atom. The highest BCUT2D eigenvalue weighted by atomic mass is 35.5. The molecule has 37 heavy (non-hydrogen) atoms. The summed E-state index contributed by atoms with van der Waals surface area (Å²) in [4.78, 5) is 22.7. The SMILES string of the molecule is Cc1noc(C)c1-c1ccc2nc(C(=O)NC3CCSCC3)nc(NC3(c4cccc(Cl)c4)CC3)c2c1. The standard InChI is InChI=1S/C28H28ClN5O2S/c1-16-24(17(2)36-34-16)18-6-7-23-22(14-18)25(33-28(10-11-28)19-4-3-5-20(29)15-19)32-26(31-23)27(35)30-21-8-12-37-13-9-21/h3-7,14-15,21H,8-13H2,1-2H3,(H,30,35)(H,31,32,33). The van der Waals surface area contributed by atoms with Crippen molar-refractivity contribution >= 4 is 46.0 Å². The van der Waals surface area contributed by atoms with Gasteiger partial charge in [-0.1, -0.05) is 35.0 Å². The molecule has 4 aromatic rings. The third kappa shape index (κ3) is 4.80. The maximum Gasteiger partial charge on any atom is 0.289 e. The zero-order valence-corrected chi connectivity index (χ0v) is 22.4. The van der Waals surface area contributed by atoms with Gasteiger partial charge in [0.05, 0.1) is 16.7 Å². The molecular weight excluding hydrogens is 506 g/mol. The molecule has 0 radical (unpaired) electrons. The number of amides is 1. The highest BCUT2D eigenvalue weighted by molar-refractivity contribution is 7.99. The van der Waals surface area contributed by atoms with Crippen molar-refractivity contribution in [2.45, 2.75) is 51.1 Å². The molecule has 2 aromatic heterocycles. The van der Waals surface area contributed by atoms with Gasteiger partial charge in [0, 0.05) is 22.0 Å². The number of aryl methyl sites for hydroxylation is 2. The molecule has 1 amide bonds. The first-order chi connectivity index (χ1) is 17.9. The van der Waals surface area contributed by atoms with Crippen molar-refractivity contribution in [1.29, 1.82) is 0 Å². The van der Waals surface area contributed by atoms with Gasteiger partial charge in [-0.25, -0.2) is 9.97 Å². The topological polar surface area (TPSA) is 92.9 Å². The number of aromatic nitrogens is 3. The second kappa shape index (κ2) is 9.65. The highest BCUT2D eigenvalue weighted by Crippen LogP contribution is 2.49. The Kier molecular flexibility index (Phi) is 6.32. The molecule has 3 heterocycles. The summed E-state index contributed by atoms with van der Waals surface area (Å²) in [6, 6.07) is 14.1. The number of benzene rings is 2. The van der Waals surface area contributed by atoms with Crippen LogP contribution in [0.3, 0.4) is 0 Å². The van der Waals surface area contributed by atoms with E-state index in [4.69, 9.17) is 21.1 Å². The number of nitrogens with zero attached hydrogens (tertiary/aromatic N) is 3. The van der Waals surface area contributed by atoms with Gasteiger partial charge in [0.2, 0.25) is 5.82 Å². The van der Waals surface area contributed by atoms with Crippen LogP contribution in [-0.2, 0) is 5.54 Å². The van der Waals surface area contributed by atoms with Gasteiger partial charge in [-0.3, -0.25) is 4.79 Å². The summed E-state index contributed by atoms with van der Waals surface area (Å²) >= 11 is 8.25. The molecule has 7 nitrogen and oxygen atoms in total. The van der Waals surface area contributed by atoms with Crippen LogP contribution in [-0.4, -0.2) is 38.6 Å². The zero-order valence-electron chi connectivity index (χ0n) is 20.8. The molecule has 0 unspecified atom stereocenters. The molecule has 2 fully saturated rings. The van der Waals surface area contributed by atoms with Gasteiger partial charge >= 0.3 is 0 Å². The number of hydrogen-bond donors (Lipinski definition) is 2. The van der Waals surface area contributed by atoms with E-state index in [0.29, 0.717) is 16.4 Å². The molecule has 1 aliphatic heterocycles. The van der Waals surface area contributed by atoms with Crippen LogP contribution in [0.2, 0.25) is 5.02 Å². The van der Waals surface area contributed by atoms with Crippen molar-refractivity contribution in [3.05, 3.63) is 70.3 Å². The molecule has 2 aromatic carbocycles. The summed E-state index contributed by atoms with van der Waals surface area (Å²) < 4.78 is 5.41. The third-order valence-electron chi connectivity index (χ3n) is 7.26. The van der Waals surface area contributed by atoms with E-state index in [2.05, 4.69) is 32.9 Å². The minimum Gasteiger partial charge on any atom is -0.361 e. The number of halogens is 1. The fourth-order valence-corrected chi connectivity index (χ4v) is 6.39. The Morgan fingerprint density at radius 3 is 2.62 bits per heavy atom. The van der Waals surface area contributed by atoms with E-state index in [1.54, 1.807) is 0 Å². The van der Waals surface area contributed by atoms with Crippen LogP contribution in [0.15, 0.2) is 47.0 Å². The van der Waals surface area contributed by atoms with Crippen LogP contribution in [0.5, 0.6) is 0 Å². The van der Waals surface area contributed by atoms with Crippen LogP contribution in [0.4, 0.5) is 5.82 Å². The average Bonchev–Trinajstić information content (AvgIpc) is 3.61. The molecule has 9 heteroatoms. The van der Waals surface area contributed by atoms with E-state index in [9.17, 15) is 4.79 Å². The lowest BCUT2D eigenvalue weighted by Crippen LogP contribution is -2.38. The van der Waals surface area contributed by atoms with Gasteiger partial charge in [-0.2, -0.15) is 11.8 Å². The predicted molar refractivity (Wildman–Crippen MR) is 148 cm³/mol. The van der Waals surface area contributed by atoms with Crippen molar-refractivity contribution in [3.8, 4) is 11.1 Å². The highest BCUT2D eigenvalue weighted by Gasteiger charge is 2.45. The van der Waals surface area contributed by atoms with Gasteiger partial charge in [-0.05, 0) is 86.4 Å². The monoisotopic (exact) mass is 533 g/mol. The van der Waals surface area contributed by atoms with Crippen molar-refractivity contribution in [2.24, 2.45) is 0 Å². The average molecular weight is 534 g/mol. The van der Waals surface area contributed by atoms with E-state index in [1.165, 1.54) is 0 Å². The molecule has 0 atom stereocenters. The third-order valence-corrected chi connectivity index (χ3v) is 8.55. The summed E-state index contributed by atoms with van der Waals surface area (Å²) in [6.45, 7) is 3.84. The van der Waals surface area contributed by atoms with Crippen LogP contribution in [0.25, 0.3) is 22.0 Å². The van der Waals surface area contributed by atoms with Gasteiger partial charge < -0.3 is 15.2 Å². The molecule has 1 aliphatic carbocycles. The van der Waals surface area contributed by atoms with Crippen LogP contribution < -0.4 is 10.6 Å². The van der Waals surface area contributed by atoms with E-state index in [0.717, 1.165) is 70.7 Å². The predicted octanol–water partition coefficient (Wildman–Crippen LogP) is 6.28. The smallest absolute Gasteiger partial charge is 0.289 e. The summed E-state index contributed by atoms with van der Waals surface area (Å²) in [5.41, 5.74) is 4.30. The summed E-state index contributed by atoms with van der Waals surface area (Å²) in [6.07, 6.45) is 3.83. The molecule has 190 valence electrons. The van der Waals surface area contributed by atoms with Gasteiger partial charge in [-0.15, -0.1) is 0 Å². The molecule has 2 aliphatic rings. The van der Waals surface area contributed by atoms with Crippen LogP contribution >= 0.6 is 23.4 Å². The minimum absolute atomic E-state index is 0.160. The first-order valence-electron chi connectivity index (χ1n) is 12.6. The number of hydrogen-bond acceptors (Lipinski definition) is 7. The normalized spacial score (nSPS) is 17.1. The number of thioether (sulfide) groups is 1. The number of anilines is 1. The Hall–Kier alpha value is -3.10. The number of carbonyl (C=O) groups is 1. The lowest BCUT2D eigenvalue weighted by atomic mass is 10.0. The Bertz CT molecular complexity index is 1470. The number of rotatable bonds is 6. The van der Waals surface area contributed by atoms with Crippen molar-refractivity contribution in [3.63, 3.8) is 0 Å². The maximum absolute atomic E-state index is 13.2. The maximum atomic E-state index is 13.2. The molecule has 0 spiro atoms. The zero-order chi connectivity index (χ0) is 25.6. The largest absolute Gasteiger partial charge is 0.361 e. The summed E-state index contributed by atoms with van der Waals surface area (Å²) in [7, 11) is 0. The van der Waals surface area contributed by atoms with Crippen molar-refractivity contribution in [1.82, 2.24) is 20.4 Å². The second-order valence-electron chi connectivity index (χ2n) is 9.90. The Labute approximate surface area is 224 Å². The van der Waals surface area contributed by atoms with Gasteiger partial charge in [0.25, 0.3) is 5.91 Å². The molecule has 0 bridgehead atoms. The molecule has 6 rings (SSSR count).